The van der Waals surface area contributed by atoms with Gasteiger partial charge in [-0.2, -0.15) is 5.10 Å². The molecule has 0 fully saturated rings. The van der Waals surface area contributed by atoms with Crippen molar-refractivity contribution in [2.24, 2.45) is 0 Å². The van der Waals surface area contributed by atoms with Crippen molar-refractivity contribution in [2.45, 2.75) is 19.9 Å². The maximum Gasteiger partial charge on any atom is 0.276 e. The van der Waals surface area contributed by atoms with Gasteiger partial charge in [0.25, 0.3) is 11.5 Å². The first-order valence-electron chi connectivity index (χ1n) is 8.92. The summed E-state index contributed by atoms with van der Waals surface area (Å²) in [5, 5.41) is 9.57. The van der Waals surface area contributed by atoms with Crippen LogP contribution in [0.3, 0.4) is 0 Å². The zero-order valence-corrected chi connectivity index (χ0v) is 17.3. The van der Waals surface area contributed by atoms with Gasteiger partial charge in [0, 0.05) is 28.3 Å². The van der Waals surface area contributed by atoms with Crippen LogP contribution < -0.4 is 16.2 Å². The first kappa shape index (κ1) is 20.5. The molecule has 148 valence electrons. The van der Waals surface area contributed by atoms with Crippen molar-refractivity contribution in [2.75, 3.05) is 10.6 Å². The Hall–Kier alpha value is -3.26. The SMILES string of the molecule is Cc1ccc(NC(=O)c2ccc(=O)n(CCC(=O)Nc3cccc(Br)c3)n2)cc1. The summed E-state index contributed by atoms with van der Waals surface area (Å²) in [7, 11) is 0. The third-order valence-corrected chi connectivity index (χ3v) is 4.56. The minimum atomic E-state index is -0.429. The number of nitrogens with one attached hydrogen (secondary N) is 2. The molecule has 0 atom stereocenters. The van der Waals surface area contributed by atoms with Crippen LogP contribution in [0.15, 0.2) is 69.9 Å². The van der Waals surface area contributed by atoms with Crippen LogP contribution in [0.2, 0.25) is 0 Å². The van der Waals surface area contributed by atoms with Crippen LogP contribution in [0.4, 0.5) is 11.4 Å². The number of rotatable bonds is 6. The Labute approximate surface area is 175 Å². The van der Waals surface area contributed by atoms with E-state index in [0.29, 0.717) is 11.4 Å². The Kier molecular flexibility index (Phi) is 6.56. The van der Waals surface area contributed by atoms with Crippen molar-refractivity contribution in [1.29, 1.82) is 0 Å². The van der Waals surface area contributed by atoms with Gasteiger partial charge in [0.05, 0.1) is 6.54 Å². The van der Waals surface area contributed by atoms with Gasteiger partial charge in [0.2, 0.25) is 5.91 Å². The molecule has 0 saturated carbocycles. The fourth-order valence-electron chi connectivity index (χ4n) is 2.56. The molecule has 0 unspecified atom stereocenters. The molecule has 3 rings (SSSR count). The van der Waals surface area contributed by atoms with Gasteiger partial charge in [-0.1, -0.05) is 39.7 Å². The Morgan fingerprint density at radius 2 is 1.76 bits per heavy atom. The highest BCUT2D eigenvalue weighted by Crippen LogP contribution is 2.15. The average Bonchev–Trinajstić information content (AvgIpc) is 2.69. The van der Waals surface area contributed by atoms with E-state index in [4.69, 9.17) is 0 Å². The molecule has 1 heterocycles. The van der Waals surface area contributed by atoms with Crippen molar-refractivity contribution in [3.05, 3.63) is 86.7 Å². The first-order chi connectivity index (χ1) is 13.9. The van der Waals surface area contributed by atoms with E-state index in [1.807, 2.05) is 31.2 Å². The molecular weight excluding hydrogens is 436 g/mol. The number of benzene rings is 2. The number of aromatic nitrogens is 2. The van der Waals surface area contributed by atoms with Crippen molar-refractivity contribution < 1.29 is 9.59 Å². The maximum atomic E-state index is 12.4. The van der Waals surface area contributed by atoms with E-state index in [1.54, 1.807) is 24.3 Å². The normalized spacial score (nSPS) is 10.4. The second kappa shape index (κ2) is 9.29. The van der Waals surface area contributed by atoms with Gasteiger partial charge in [0.15, 0.2) is 0 Å². The molecule has 7 nitrogen and oxygen atoms in total. The molecule has 0 spiro atoms. The molecule has 3 aromatic rings. The van der Waals surface area contributed by atoms with Gasteiger partial charge in [0.1, 0.15) is 5.69 Å². The molecule has 2 aromatic carbocycles. The van der Waals surface area contributed by atoms with Gasteiger partial charge >= 0.3 is 0 Å². The van der Waals surface area contributed by atoms with E-state index in [2.05, 4.69) is 31.7 Å². The molecule has 0 aliphatic rings. The highest BCUT2D eigenvalue weighted by molar-refractivity contribution is 9.10. The second-order valence-corrected chi connectivity index (χ2v) is 7.32. The summed E-state index contributed by atoms with van der Waals surface area (Å²) in [5.74, 6) is -0.687. The predicted octanol–water partition coefficient (Wildman–Crippen LogP) is 3.60. The number of halogens is 1. The van der Waals surface area contributed by atoms with Gasteiger partial charge in [-0.15, -0.1) is 0 Å². The summed E-state index contributed by atoms with van der Waals surface area (Å²) in [6.45, 7) is 2.01. The van der Waals surface area contributed by atoms with Crippen LogP contribution in [0.5, 0.6) is 0 Å². The molecule has 1 aromatic heterocycles. The monoisotopic (exact) mass is 454 g/mol. The Morgan fingerprint density at radius 3 is 2.48 bits per heavy atom. The highest BCUT2D eigenvalue weighted by Gasteiger charge is 2.11. The summed E-state index contributed by atoms with van der Waals surface area (Å²) >= 11 is 3.34. The minimum Gasteiger partial charge on any atom is -0.326 e. The maximum absolute atomic E-state index is 12.4. The molecule has 0 aliphatic carbocycles. The summed E-state index contributed by atoms with van der Waals surface area (Å²) in [4.78, 5) is 36.6. The fraction of sp³-hybridized carbons (Fsp3) is 0.143. The van der Waals surface area contributed by atoms with E-state index in [1.165, 1.54) is 12.1 Å². The molecular formula is C21H19BrN4O3. The van der Waals surface area contributed by atoms with Crippen molar-refractivity contribution in [3.8, 4) is 0 Å². The molecule has 0 bridgehead atoms. The minimum absolute atomic E-state index is 0.0441. The van der Waals surface area contributed by atoms with Crippen LogP contribution in [-0.2, 0) is 11.3 Å². The number of hydrogen-bond acceptors (Lipinski definition) is 4. The first-order valence-corrected chi connectivity index (χ1v) is 9.71. The number of nitrogens with zero attached hydrogens (tertiary/aromatic N) is 2. The zero-order chi connectivity index (χ0) is 20.8. The standard InChI is InChI=1S/C21H19BrN4O3/c1-14-5-7-16(8-6-14)24-21(29)18-9-10-20(28)26(25-18)12-11-19(27)23-17-4-2-3-15(22)13-17/h2-10,13H,11-12H2,1H3,(H,23,27)(H,24,29). The fourth-order valence-corrected chi connectivity index (χ4v) is 2.96. The lowest BCUT2D eigenvalue weighted by atomic mass is 10.2. The lowest BCUT2D eigenvalue weighted by Crippen LogP contribution is -2.28. The van der Waals surface area contributed by atoms with Crippen molar-refractivity contribution >= 4 is 39.1 Å². The highest BCUT2D eigenvalue weighted by atomic mass is 79.9. The van der Waals surface area contributed by atoms with Gasteiger partial charge in [-0.3, -0.25) is 14.4 Å². The molecule has 8 heteroatoms. The Bertz CT molecular complexity index is 1090. The van der Waals surface area contributed by atoms with E-state index in [-0.39, 0.29) is 30.1 Å². The predicted molar refractivity (Wildman–Crippen MR) is 115 cm³/mol. The van der Waals surface area contributed by atoms with Crippen LogP contribution >= 0.6 is 15.9 Å². The van der Waals surface area contributed by atoms with Gasteiger partial charge in [-0.05, 0) is 43.3 Å². The lowest BCUT2D eigenvalue weighted by molar-refractivity contribution is -0.116. The van der Waals surface area contributed by atoms with Crippen LogP contribution in [-0.4, -0.2) is 21.6 Å². The topological polar surface area (TPSA) is 93.1 Å². The van der Waals surface area contributed by atoms with Crippen molar-refractivity contribution in [3.63, 3.8) is 0 Å². The van der Waals surface area contributed by atoms with E-state index < -0.39 is 5.91 Å². The molecule has 2 N–H and O–H groups in total. The molecule has 2 amide bonds. The number of anilines is 2. The average molecular weight is 455 g/mol. The zero-order valence-electron chi connectivity index (χ0n) is 15.7. The molecule has 0 saturated heterocycles. The van der Waals surface area contributed by atoms with E-state index in [0.717, 1.165) is 14.7 Å². The number of carbonyl (C=O) groups excluding carboxylic acids is 2. The van der Waals surface area contributed by atoms with Crippen LogP contribution in [0.25, 0.3) is 0 Å². The molecule has 29 heavy (non-hydrogen) atoms. The quantitative estimate of drug-likeness (QED) is 0.594. The Balaban J connectivity index is 1.64. The molecule has 0 aliphatic heterocycles. The summed E-state index contributed by atoms with van der Waals surface area (Å²) in [6.07, 6.45) is 0.0441. The van der Waals surface area contributed by atoms with Crippen LogP contribution in [0.1, 0.15) is 22.5 Å². The third-order valence-electron chi connectivity index (χ3n) is 4.07. The van der Waals surface area contributed by atoms with E-state index >= 15 is 0 Å². The summed E-state index contributed by atoms with van der Waals surface area (Å²) in [6, 6.07) is 17.2. The van der Waals surface area contributed by atoms with Gasteiger partial charge < -0.3 is 10.6 Å². The van der Waals surface area contributed by atoms with E-state index in [9.17, 15) is 14.4 Å². The summed E-state index contributed by atoms with van der Waals surface area (Å²) < 4.78 is 1.96. The number of hydrogen-bond donors (Lipinski definition) is 2. The van der Waals surface area contributed by atoms with Gasteiger partial charge in [-0.25, -0.2) is 4.68 Å². The van der Waals surface area contributed by atoms with Crippen LogP contribution in [0, 0.1) is 6.92 Å². The third kappa shape index (κ3) is 5.86. The summed E-state index contributed by atoms with van der Waals surface area (Å²) in [5.41, 5.74) is 2.07. The smallest absolute Gasteiger partial charge is 0.276 e. The van der Waals surface area contributed by atoms with Crippen molar-refractivity contribution in [1.82, 2.24) is 9.78 Å². The number of carbonyl (C=O) groups is 2. The number of aryl methyl sites for hydroxylation is 2. The Morgan fingerprint density at radius 1 is 1.00 bits per heavy atom. The molecule has 0 radical (unpaired) electrons. The largest absolute Gasteiger partial charge is 0.326 e. The second-order valence-electron chi connectivity index (χ2n) is 6.41. The lowest BCUT2D eigenvalue weighted by Gasteiger charge is -2.09. The number of amides is 2.